The van der Waals surface area contributed by atoms with Crippen LogP contribution in [0.25, 0.3) is 0 Å². The molecule has 0 radical (unpaired) electrons. The summed E-state index contributed by atoms with van der Waals surface area (Å²) in [5.41, 5.74) is 0.192. The summed E-state index contributed by atoms with van der Waals surface area (Å²) < 4.78 is 10.5. The Kier molecular flexibility index (Phi) is 4.93. The maximum atomic E-state index is 12.5. The maximum Gasteiger partial charge on any atom is 0.296 e. The van der Waals surface area contributed by atoms with E-state index in [-0.39, 0.29) is 23.8 Å². The molecule has 0 spiro atoms. The Morgan fingerprint density at radius 2 is 2.07 bits per heavy atom. The number of hydrogen-bond acceptors (Lipinski definition) is 6. The van der Waals surface area contributed by atoms with Gasteiger partial charge in [-0.3, -0.25) is 24.6 Å². The molecule has 1 aliphatic rings. The second-order valence-electron chi connectivity index (χ2n) is 5.84. The number of nitro benzene ring substituents is 1. The zero-order valence-corrected chi connectivity index (χ0v) is 14.7. The van der Waals surface area contributed by atoms with Crippen LogP contribution in [0.2, 0.25) is 0 Å². The number of fused-ring (bicyclic) bond motifs is 1. The van der Waals surface area contributed by atoms with Crippen LogP contribution in [0.1, 0.15) is 6.92 Å². The number of nitrogens with one attached hydrogen (secondary N) is 1. The second-order valence-corrected chi connectivity index (χ2v) is 5.84. The Hall–Kier alpha value is -3.62. The minimum absolute atomic E-state index is 0.0212. The zero-order valence-electron chi connectivity index (χ0n) is 14.7. The number of nitrogens with zero attached hydrogens (tertiary/aromatic N) is 2. The van der Waals surface area contributed by atoms with Crippen molar-refractivity contribution in [2.24, 2.45) is 0 Å². The largest absolute Gasteiger partial charge is 0.496 e. The van der Waals surface area contributed by atoms with Crippen molar-refractivity contribution in [3.8, 4) is 11.5 Å². The molecular weight excluding hydrogens is 354 g/mol. The van der Waals surface area contributed by atoms with Crippen LogP contribution in [0.3, 0.4) is 0 Å². The van der Waals surface area contributed by atoms with E-state index in [1.165, 1.54) is 30.2 Å². The highest BCUT2D eigenvalue weighted by molar-refractivity contribution is 6.06. The van der Waals surface area contributed by atoms with Gasteiger partial charge in [0.25, 0.3) is 11.6 Å². The molecule has 1 heterocycles. The minimum atomic E-state index is -0.733. The van der Waals surface area contributed by atoms with Gasteiger partial charge in [-0.2, -0.15) is 0 Å². The number of amides is 2. The van der Waals surface area contributed by atoms with Gasteiger partial charge in [0.15, 0.2) is 6.10 Å². The van der Waals surface area contributed by atoms with Crippen LogP contribution in [0.5, 0.6) is 11.5 Å². The van der Waals surface area contributed by atoms with Gasteiger partial charge < -0.3 is 14.8 Å². The summed E-state index contributed by atoms with van der Waals surface area (Å²) in [6, 6.07) is 11.0. The van der Waals surface area contributed by atoms with E-state index in [1.54, 1.807) is 31.2 Å². The van der Waals surface area contributed by atoms with E-state index in [4.69, 9.17) is 9.47 Å². The molecule has 0 saturated carbocycles. The first-order chi connectivity index (χ1) is 12.9. The normalized spacial score (nSPS) is 15.6. The summed E-state index contributed by atoms with van der Waals surface area (Å²) in [4.78, 5) is 36.8. The van der Waals surface area contributed by atoms with Crippen molar-refractivity contribution < 1.29 is 24.0 Å². The number of carbonyl (C=O) groups excluding carboxylic acids is 2. The molecule has 2 amide bonds. The van der Waals surface area contributed by atoms with E-state index >= 15 is 0 Å². The van der Waals surface area contributed by atoms with Gasteiger partial charge in [-0.1, -0.05) is 12.1 Å². The van der Waals surface area contributed by atoms with Crippen molar-refractivity contribution in [2.45, 2.75) is 13.0 Å². The van der Waals surface area contributed by atoms with Crippen LogP contribution in [-0.2, 0) is 9.59 Å². The van der Waals surface area contributed by atoms with Crippen LogP contribution >= 0.6 is 0 Å². The topological polar surface area (TPSA) is 111 Å². The van der Waals surface area contributed by atoms with Gasteiger partial charge in [-0.25, -0.2) is 0 Å². The fourth-order valence-electron chi connectivity index (χ4n) is 2.75. The molecule has 140 valence electrons. The molecule has 1 N–H and O–H groups in total. The van der Waals surface area contributed by atoms with Crippen molar-refractivity contribution in [2.75, 3.05) is 23.9 Å². The maximum absolute atomic E-state index is 12.5. The molecular formula is C18H17N3O6. The van der Waals surface area contributed by atoms with Crippen molar-refractivity contribution in [3.63, 3.8) is 0 Å². The number of carbonyl (C=O) groups is 2. The van der Waals surface area contributed by atoms with Crippen LogP contribution in [0.4, 0.5) is 17.1 Å². The summed E-state index contributed by atoms with van der Waals surface area (Å²) >= 11 is 0. The van der Waals surface area contributed by atoms with Crippen LogP contribution in [0.15, 0.2) is 42.5 Å². The third-order valence-electron chi connectivity index (χ3n) is 4.05. The number of benzene rings is 2. The quantitative estimate of drug-likeness (QED) is 0.638. The van der Waals surface area contributed by atoms with Gasteiger partial charge in [0.2, 0.25) is 5.91 Å². The average molecular weight is 371 g/mol. The predicted molar refractivity (Wildman–Crippen MR) is 97.2 cm³/mol. The molecule has 0 aromatic heterocycles. The molecule has 1 aliphatic heterocycles. The number of nitro groups is 1. The lowest BCUT2D eigenvalue weighted by molar-refractivity contribution is -0.384. The van der Waals surface area contributed by atoms with Crippen molar-refractivity contribution in [1.82, 2.24) is 0 Å². The molecule has 9 nitrogen and oxygen atoms in total. The van der Waals surface area contributed by atoms with Gasteiger partial charge >= 0.3 is 0 Å². The Morgan fingerprint density at radius 3 is 2.78 bits per heavy atom. The highest BCUT2D eigenvalue weighted by Crippen LogP contribution is 2.34. The van der Waals surface area contributed by atoms with Crippen LogP contribution < -0.4 is 19.7 Å². The Bertz CT molecular complexity index is 914. The highest BCUT2D eigenvalue weighted by Gasteiger charge is 2.32. The summed E-state index contributed by atoms with van der Waals surface area (Å²) in [6.07, 6.45) is -0.733. The lowest BCUT2D eigenvalue weighted by atomic mass is 10.2. The highest BCUT2D eigenvalue weighted by atomic mass is 16.6. The minimum Gasteiger partial charge on any atom is -0.496 e. The summed E-state index contributed by atoms with van der Waals surface area (Å²) in [6.45, 7) is 1.30. The Morgan fingerprint density at radius 1 is 1.33 bits per heavy atom. The predicted octanol–water partition coefficient (Wildman–Crippen LogP) is 2.36. The van der Waals surface area contributed by atoms with Crippen molar-refractivity contribution in [3.05, 3.63) is 52.6 Å². The first kappa shape index (κ1) is 18.2. The molecule has 9 heteroatoms. The third-order valence-corrected chi connectivity index (χ3v) is 4.05. The second kappa shape index (κ2) is 7.32. The van der Waals surface area contributed by atoms with Crippen LogP contribution in [-0.4, -0.2) is 36.5 Å². The molecule has 1 atom stereocenters. The van der Waals surface area contributed by atoms with Gasteiger partial charge in [0.05, 0.1) is 23.8 Å². The molecule has 3 rings (SSSR count). The lowest BCUT2D eigenvalue weighted by Crippen LogP contribution is -2.47. The fourth-order valence-corrected chi connectivity index (χ4v) is 2.75. The Balaban J connectivity index is 1.82. The number of ether oxygens (including phenoxy) is 2. The van der Waals surface area contributed by atoms with Gasteiger partial charge in [0, 0.05) is 0 Å². The van der Waals surface area contributed by atoms with E-state index in [9.17, 15) is 19.7 Å². The van der Waals surface area contributed by atoms with Crippen molar-refractivity contribution >= 4 is 28.9 Å². The number of anilines is 2. The summed E-state index contributed by atoms with van der Waals surface area (Å²) in [5.74, 6) is -0.146. The third kappa shape index (κ3) is 3.66. The molecule has 2 aromatic rings. The number of hydrogen-bond donors (Lipinski definition) is 1. The SMILES string of the molecule is COc1ccc(NC(=O)CN2C(=O)C(C)Oc3ccccc32)c([N+](=O)[O-])c1. The Labute approximate surface area is 154 Å². The van der Waals surface area contributed by atoms with Crippen LogP contribution in [0, 0.1) is 10.1 Å². The van der Waals surface area contributed by atoms with E-state index in [2.05, 4.69) is 5.32 Å². The average Bonchev–Trinajstić information content (AvgIpc) is 2.65. The molecule has 0 fully saturated rings. The van der Waals surface area contributed by atoms with Crippen molar-refractivity contribution in [1.29, 1.82) is 0 Å². The molecule has 2 aromatic carbocycles. The number of rotatable bonds is 5. The molecule has 0 aliphatic carbocycles. The molecule has 1 unspecified atom stereocenters. The standard InChI is InChI=1S/C18H17N3O6/c1-11-18(23)20(14-5-3-4-6-16(14)27-11)10-17(22)19-13-8-7-12(26-2)9-15(13)21(24)25/h3-9,11H,10H2,1-2H3,(H,19,22). The van der Waals surface area contributed by atoms with E-state index in [0.717, 1.165) is 0 Å². The molecule has 27 heavy (non-hydrogen) atoms. The van der Waals surface area contributed by atoms with E-state index in [0.29, 0.717) is 17.2 Å². The zero-order chi connectivity index (χ0) is 19.6. The lowest BCUT2D eigenvalue weighted by Gasteiger charge is -2.32. The summed E-state index contributed by atoms with van der Waals surface area (Å²) in [5, 5.41) is 13.7. The molecule has 0 bridgehead atoms. The first-order valence-electron chi connectivity index (χ1n) is 8.10. The summed E-state index contributed by atoms with van der Waals surface area (Å²) in [7, 11) is 1.39. The van der Waals surface area contributed by atoms with E-state index < -0.39 is 16.9 Å². The first-order valence-corrected chi connectivity index (χ1v) is 8.10. The smallest absolute Gasteiger partial charge is 0.296 e. The number of para-hydroxylation sites is 2. The fraction of sp³-hybridized carbons (Fsp3) is 0.222. The van der Waals surface area contributed by atoms with E-state index in [1.807, 2.05) is 0 Å². The van der Waals surface area contributed by atoms with Gasteiger partial charge in [-0.05, 0) is 31.2 Å². The van der Waals surface area contributed by atoms with Gasteiger partial charge in [-0.15, -0.1) is 0 Å². The number of methoxy groups -OCH3 is 1. The van der Waals surface area contributed by atoms with Gasteiger partial charge in [0.1, 0.15) is 23.7 Å². The monoisotopic (exact) mass is 371 g/mol. The molecule has 0 saturated heterocycles.